The highest BCUT2D eigenvalue weighted by molar-refractivity contribution is 9.10. The lowest BCUT2D eigenvalue weighted by Gasteiger charge is -2.09. The SMILES string of the molecule is COCc1cccc(OCCOc2ccc(Br)cc2)c1. The lowest BCUT2D eigenvalue weighted by atomic mass is 10.2. The predicted octanol–water partition coefficient (Wildman–Crippen LogP) is 4.05. The van der Waals surface area contributed by atoms with Gasteiger partial charge in [0.2, 0.25) is 0 Å². The third-order valence-electron chi connectivity index (χ3n) is 2.64. The summed E-state index contributed by atoms with van der Waals surface area (Å²) in [5.74, 6) is 1.67. The molecule has 0 fully saturated rings. The van der Waals surface area contributed by atoms with Gasteiger partial charge in [0.05, 0.1) is 6.61 Å². The highest BCUT2D eigenvalue weighted by atomic mass is 79.9. The minimum atomic E-state index is 0.506. The predicted molar refractivity (Wildman–Crippen MR) is 82.3 cm³/mol. The van der Waals surface area contributed by atoms with E-state index in [0.29, 0.717) is 19.8 Å². The Morgan fingerprint density at radius 3 is 2.30 bits per heavy atom. The molecule has 0 atom stereocenters. The monoisotopic (exact) mass is 336 g/mol. The number of methoxy groups -OCH3 is 1. The fourth-order valence-electron chi connectivity index (χ4n) is 1.74. The number of rotatable bonds is 7. The first-order chi connectivity index (χ1) is 9.78. The van der Waals surface area contributed by atoms with Gasteiger partial charge in [-0.3, -0.25) is 0 Å². The van der Waals surface area contributed by atoms with E-state index < -0.39 is 0 Å². The minimum Gasteiger partial charge on any atom is -0.490 e. The Kier molecular flexibility index (Phi) is 5.89. The molecule has 0 unspecified atom stereocenters. The number of hydrogen-bond acceptors (Lipinski definition) is 3. The molecule has 0 spiro atoms. The van der Waals surface area contributed by atoms with E-state index in [0.717, 1.165) is 21.5 Å². The van der Waals surface area contributed by atoms with Crippen LogP contribution in [-0.4, -0.2) is 20.3 Å². The van der Waals surface area contributed by atoms with Crippen molar-refractivity contribution in [3.05, 3.63) is 58.6 Å². The average Bonchev–Trinajstić information content (AvgIpc) is 2.46. The summed E-state index contributed by atoms with van der Waals surface area (Å²) >= 11 is 3.39. The zero-order chi connectivity index (χ0) is 14.2. The van der Waals surface area contributed by atoms with Crippen molar-refractivity contribution in [1.82, 2.24) is 0 Å². The summed E-state index contributed by atoms with van der Waals surface area (Å²) in [4.78, 5) is 0. The third kappa shape index (κ3) is 4.87. The lowest BCUT2D eigenvalue weighted by Crippen LogP contribution is -2.09. The summed E-state index contributed by atoms with van der Waals surface area (Å²) < 4.78 is 17.4. The highest BCUT2D eigenvalue weighted by Gasteiger charge is 1.98. The molecule has 0 saturated heterocycles. The summed E-state index contributed by atoms with van der Waals surface area (Å²) in [7, 11) is 1.68. The van der Waals surface area contributed by atoms with Crippen molar-refractivity contribution in [3.8, 4) is 11.5 Å². The van der Waals surface area contributed by atoms with Crippen molar-refractivity contribution < 1.29 is 14.2 Å². The molecule has 0 saturated carbocycles. The van der Waals surface area contributed by atoms with Crippen molar-refractivity contribution in [1.29, 1.82) is 0 Å². The molecule has 0 aliphatic carbocycles. The van der Waals surface area contributed by atoms with E-state index in [9.17, 15) is 0 Å². The van der Waals surface area contributed by atoms with E-state index in [-0.39, 0.29) is 0 Å². The maximum Gasteiger partial charge on any atom is 0.122 e. The minimum absolute atomic E-state index is 0.506. The van der Waals surface area contributed by atoms with Gasteiger partial charge >= 0.3 is 0 Å². The van der Waals surface area contributed by atoms with Crippen LogP contribution in [0.25, 0.3) is 0 Å². The van der Waals surface area contributed by atoms with Crippen molar-refractivity contribution >= 4 is 15.9 Å². The van der Waals surface area contributed by atoms with Crippen LogP contribution in [0.4, 0.5) is 0 Å². The van der Waals surface area contributed by atoms with Crippen molar-refractivity contribution in [3.63, 3.8) is 0 Å². The number of hydrogen-bond donors (Lipinski definition) is 0. The molecule has 0 aliphatic heterocycles. The lowest BCUT2D eigenvalue weighted by molar-refractivity contribution is 0.184. The van der Waals surface area contributed by atoms with Crippen LogP contribution in [0.5, 0.6) is 11.5 Å². The van der Waals surface area contributed by atoms with E-state index >= 15 is 0 Å². The quantitative estimate of drug-likeness (QED) is 0.714. The van der Waals surface area contributed by atoms with E-state index in [4.69, 9.17) is 14.2 Å². The van der Waals surface area contributed by atoms with Crippen LogP contribution in [0.3, 0.4) is 0 Å². The van der Waals surface area contributed by atoms with Crippen LogP contribution in [0.2, 0.25) is 0 Å². The number of halogens is 1. The Morgan fingerprint density at radius 2 is 1.60 bits per heavy atom. The van der Waals surface area contributed by atoms with Crippen molar-refractivity contribution in [2.24, 2.45) is 0 Å². The van der Waals surface area contributed by atoms with E-state index in [1.807, 2.05) is 48.5 Å². The fourth-order valence-corrected chi connectivity index (χ4v) is 2.01. The Hall–Kier alpha value is -1.52. The zero-order valence-corrected chi connectivity index (χ0v) is 12.9. The Morgan fingerprint density at radius 1 is 0.900 bits per heavy atom. The molecule has 2 rings (SSSR count). The smallest absolute Gasteiger partial charge is 0.122 e. The van der Waals surface area contributed by atoms with E-state index in [2.05, 4.69) is 15.9 Å². The number of ether oxygens (including phenoxy) is 3. The van der Waals surface area contributed by atoms with Crippen LogP contribution < -0.4 is 9.47 Å². The molecule has 0 N–H and O–H groups in total. The third-order valence-corrected chi connectivity index (χ3v) is 3.17. The Balaban J connectivity index is 1.75. The Labute approximate surface area is 127 Å². The fraction of sp³-hybridized carbons (Fsp3) is 0.250. The molecule has 2 aromatic carbocycles. The summed E-state index contributed by atoms with van der Waals surface area (Å²) in [6.07, 6.45) is 0. The first-order valence-corrected chi connectivity index (χ1v) is 7.16. The van der Waals surface area contributed by atoms with Gasteiger partial charge in [-0.1, -0.05) is 28.1 Å². The van der Waals surface area contributed by atoms with E-state index in [1.165, 1.54) is 0 Å². The summed E-state index contributed by atoms with van der Waals surface area (Å²) in [6, 6.07) is 15.6. The van der Waals surface area contributed by atoms with Crippen LogP contribution >= 0.6 is 15.9 Å². The van der Waals surface area contributed by atoms with Gasteiger partial charge in [-0.25, -0.2) is 0 Å². The van der Waals surface area contributed by atoms with Gasteiger partial charge in [0.15, 0.2) is 0 Å². The van der Waals surface area contributed by atoms with Gasteiger partial charge in [-0.2, -0.15) is 0 Å². The number of benzene rings is 2. The maximum atomic E-state index is 5.65. The molecule has 0 heterocycles. The van der Waals surface area contributed by atoms with Gasteiger partial charge in [-0.15, -0.1) is 0 Å². The molecule has 4 heteroatoms. The molecule has 0 amide bonds. The van der Waals surface area contributed by atoms with E-state index in [1.54, 1.807) is 7.11 Å². The van der Waals surface area contributed by atoms with Crippen molar-refractivity contribution in [2.75, 3.05) is 20.3 Å². The van der Waals surface area contributed by atoms with Crippen LogP contribution in [0.15, 0.2) is 53.0 Å². The van der Waals surface area contributed by atoms with Crippen LogP contribution in [0, 0.1) is 0 Å². The molecular weight excluding hydrogens is 320 g/mol. The molecule has 0 aromatic heterocycles. The van der Waals surface area contributed by atoms with Crippen molar-refractivity contribution in [2.45, 2.75) is 6.61 Å². The molecule has 20 heavy (non-hydrogen) atoms. The molecule has 3 nitrogen and oxygen atoms in total. The topological polar surface area (TPSA) is 27.7 Å². The summed E-state index contributed by atoms with van der Waals surface area (Å²) in [5, 5.41) is 0. The normalized spacial score (nSPS) is 10.3. The second-order valence-electron chi connectivity index (χ2n) is 4.23. The van der Waals surface area contributed by atoms with Crippen LogP contribution in [-0.2, 0) is 11.3 Å². The molecule has 0 radical (unpaired) electrons. The first kappa shape index (κ1) is 14.9. The second kappa shape index (κ2) is 7.92. The van der Waals surface area contributed by atoms with Gasteiger partial charge in [0.1, 0.15) is 24.7 Å². The maximum absolute atomic E-state index is 5.65. The largest absolute Gasteiger partial charge is 0.490 e. The molecule has 0 aliphatic rings. The highest BCUT2D eigenvalue weighted by Crippen LogP contribution is 2.16. The summed E-state index contributed by atoms with van der Waals surface area (Å²) in [6.45, 7) is 1.61. The Bertz CT molecular complexity index is 526. The van der Waals surface area contributed by atoms with Gasteiger partial charge in [-0.05, 0) is 42.0 Å². The second-order valence-corrected chi connectivity index (χ2v) is 5.15. The van der Waals surface area contributed by atoms with Gasteiger partial charge < -0.3 is 14.2 Å². The summed E-state index contributed by atoms with van der Waals surface area (Å²) in [5.41, 5.74) is 1.10. The average molecular weight is 337 g/mol. The van der Waals surface area contributed by atoms with Gasteiger partial charge in [0, 0.05) is 11.6 Å². The first-order valence-electron chi connectivity index (χ1n) is 6.37. The molecule has 106 valence electrons. The van der Waals surface area contributed by atoms with Gasteiger partial charge in [0.25, 0.3) is 0 Å². The molecule has 2 aromatic rings. The zero-order valence-electron chi connectivity index (χ0n) is 11.3. The van der Waals surface area contributed by atoms with Crippen LogP contribution in [0.1, 0.15) is 5.56 Å². The molecule has 0 bridgehead atoms. The molecular formula is C16H17BrO3. The standard InChI is InChI=1S/C16H17BrO3/c1-18-12-13-3-2-4-16(11-13)20-10-9-19-15-7-5-14(17)6-8-15/h2-8,11H,9-10,12H2,1H3.